The quantitative estimate of drug-likeness (QED) is 0.339. The zero-order valence-electron chi connectivity index (χ0n) is 13.7. The molecule has 0 heterocycles. The minimum absolute atomic E-state index is 0.0462. The van der Waals surface area contributed by atoms with Gasteiger partial charge in [-0.15, -0.1) is 5.73 Å². The molecule has 0 saturated carbocycles. The van der Waals surface area contributed by atoms with E-state index in [0.29, 0.717) is 26.9 Å². The largest absolute Gasteiger partial charge is 0.504 e. The summed E-state index contributed by atoms with van der Waals surface area (Å²) in [4.78, 5) is 0. The summed E-state index contributed by atoms with van der Waals surface area (Å²) in [7, 11) is 2.99. The molecule has 0 aromatic heterocycles. The van der Waals surface area contributed by atoms with Gasteiger partial charge >= 0.3 is 0 Å². The Morgan fingerprint density at radius 1 is 1.33 bits per heavy atom. The van der Waals surface area contributed by atoms with Gasteiger partial charge in [-0.3, -0.25) is 0 Å². The third-order valence-electron chi connectivity index (χ3n) is 3.31. The van der Waals surface area contributed by atoms with Crippen LogP contribution in [-0.4, -0.2) is 54.0 Å². The van der Waals surface area contributed by atoms with Crippen molar-refractivity contribution in [3.63, 3.8) is 0 Å². The number of benzene rings is 1. The number of halogens is 1. The number of hydrogen-bond donors (Lipinski definition) is 4. The maximum atomic E-state index is 10.3. The van der Waals surface area contributed by atoms with E-state index in [-0.39, 0.29) is 25.4 Å². The van der Waals surface area contributed by atoms with Crippen LogP contribution in [0.3, 0.4) is 0 Å². The van der Waals surface area contributed by atoms with Crippen LogP contribution in [0.25, 0.3) is 0 Å². The van der Waals surface area contributed by atoms with Gasteiger partial charge in [-0.25, -0.2) is 0 Å². The Hall–Kier alpha value is -1.09. The number of rotatable bonds is 9. The highest BCUT2D eigenvalue weighted by atomic mass is 127. The van der Waals surface area contributed by atoms with Gasteiger partial charge in [-0.2, -0.15) is 0 Å². The molecule has 24 heavy (non-hydrogen) atoms. The van der Waals surface area contributed by atoms with Crippen molar-refractivity contribution in [2.24, 2.45) is 0 Å². The first-order chi connectivity index (χ1) is 11.4. The Morgan fingerprint density at radius 3 is 2.62 bits per heavy atom. The number of methoxy groups -OCH3 is 2. The van der Waals surface area contributed by atoms with E-state index < -0.39 is 12.2 Å². The molecule has 6 nitrogen and oxygen atoms in total. The van der Waals surface area contributed by atoms with Gasteiger partial charge in [0.1, 0.15) is 0 Å². The van der Waals surface area contributed by atoms with Crippen LogP contribution in [0.2, 0.25) is 0 Å². The Balaban J connectivity index is 2.87. The summed E-state index contributed by atoms with van der Waals surface area (Å²) in [5.41, 5.74) is 4.31. The van der Waals surface area contributed by atoms with Crippen molar-refractivity contribution in [3.8, 4) is 11.5 Å². The van der Waals surface area contributed by atoms with Crippen molar-refractivity contribution < 1.29 is 29.9 Å². The zero-order chi connectivity index (χ0) is 18.1. The number of aliphatic hydroxyl groups excluding tert-OH is 3. The topological polar surface area (TPSA) is 99.4 Å². The summed E-state index contributed by atoms with van der Waals surface area (Å²) in [6.45, 7) is -0.0438. The maximum Gasteiger partial charge on any atom is 0.171 e. The lowest BCUT2D eigenvalue weighted by atomic mass is 10.1. The summed E-state index contributed by atoms with van der Waals surface area (Å²) in [5.74, 6) is 0.353. The van der Waals surface area contributed by atoms with E-state index in [1.165, 1.54) is 14.2 Å². The predicted molar refractivity (Wildman–Crippen MR) is 98.1 cm³/mol. The molecule has 0 aliphatic carbocycles. The number of hydrogen-bond acceptors (Lipinski definition) is 6. The average molecular weight is 450 g/mol. The lowest BCUT2D eigenvalue weighted by Crippen LogP contribution is -2.14. The van der Waals surface area contributed by atoms with Crippen molar-refractivity contribution >= 4 is 22.6 Å². The highest BCUT2D eigenvalue weighted by molar-refractivity contribution is 14.1. The Morgan fingerprint density at radius 2 is 2.04 bits per heavy atom. The molecule has 0 amide bonds. The molecule has 0 fully saturated rings. The molecule has 0 bridgehead atoms. The van der Waals surface area contributed by atoms with Crippen LogP contribution in [0.4, 0.5) is 0 Å². The number of ether oxygens (including phenoxy) is 2. The van der Waals surface area contributed by atoms with Crippen molar-refractivity contribution in [2.45, 2.75) is 25.0 Å². The first-order valence-electron chi connectivity index (χ1n) is 7.38. The Kier molecular flexibility index (Phi) is 9.35. The first-order valence-corrected chi connectivity index (χ1v) is 8.46. The van der Waals surface area contributed by atoms with Crippen LogP contribution in [0.1, 0.15) is 24.5 Å². The first kappa shape index (κ1) is 21.0. The minimum Gasteiger partial charge on any atom is -0.504 e. The molecule has 2 atom stereocenters. The fraction of sp³-hybridized carbons (Fsp3) is 0.471. The minimum atomic E-state index is -0.857. The van der Waals surface area contributed by atoms with E-state index in [9.17, 15) is 15.3 Å². The molecule has 0 unspecified atom stereocenters. The number of phenols is 1. The molecule has 134 valence electrons. The average Bonchev–Trinajstić information content (AvgIpc) is 2.56. The molecular formula is C17H23IO6. The molecule has 1 aromatic carbocycles. The normalized spacial score (nSPS) is 13.1. The van der Waals surface area contributed by atoms with Crippen molar-refractivity contribution in [1.29, 1.82) is 0 Å². The van der Waals surface area contributed by atoms with Crippen LogP contribution >= 0.6 is 22.6 Å². The van der Waals surface area contributed by atoms with Gasteiger partial charge in [0, 0.05) is 20.0 Å². The third kappa shape index (κ3) is 6.43. The van der Waals surface area contributed by atoms with Gasteiger partial charge in [0.25, 0.3) is 0 Å². The fourth-order valence-electron chi connectivity index (χ4n) is 2.08. The molecule has 0 saturated heterocycles. The summed E-state index contributed by atoms with van der Waals surface area (Å²) >= 11 is 1.97. The lowest BCUT2D eigenvalue weighted by molar-refractivity contribution is 0.0914. The van der Waals surface area contributed by atoms with E-state index in [2.05, 4.69) is 5.73 Å². The number of aromatic hydroxyl groups is 1. The van der Waals surface area contributed by atoms with Crippen LogP contribution in [0.5, 0.6) is 11.5 Å². The van der Waals surface area contributed by atoms with E-state index in [4.69, 9.17) is 14.6 Å². The van der Waals surface area contributed by atoms with E-state index in [0.717, 1.165) is 0 Å². The summed E-state index contributed by atoms with van der Waals surface area (Å²) in [5, 5.41) is 38.5. The number of aliphatic hydroxyl groups is 3. The Bertz CT molecular complexity index is 595. The molecule has 7 heteroatoms. The Labute approximate surface area is 155 Å². The van der Waals surface area contributed by atoms with Gasteiger partial charge in [-0.1, -0.05) is 0 Å². The van der Waals surface area contributed by atoms with Crippen molar-refractivity contribution in [3.05, 3.63) is 38.6 Å². The SMILES string of the molecule is COCC(=C=CC[C@@H](O)c1cc(I)c(O)c(OC)c1)C[C@@H](O)CO. The van der Waals surface area contributed by atoms with Crippen LogP contribution < -0.4 is 4.74 Å². The lowest BCUT2D eigenvalue weighted by Gasteiger charge is -2.12. The highest BCUT2D eigenvalue weighted by Crippen LogP contribution is 2.35. The predicted octanol–water partition coefficient (Wildman–Crippen LogP) is 1.90. The molecule has 0 radical (unpaired) electrons. The second kappa shape index (κ2) is 10.7. The summed E-state index contributed by atoms with van der Waals surface area (Å²) < 4.78 is 10.7. The van der Waals surface area contributed by atoms with Gasteiger partial charge < -0.3 is 29.9 Å². The smallest absolute Gasteiger partial charge is 0.171 e. The molecule has 0 aliphatic heterocycles. The van der Waals surface area contributed by atoms with Crippen molar-refractivity contribution in [2.75, 3.05) is 27.4 Å². The van der Waals surface area contributed by atoms with Crippen LogP contribution in [0.15, 0.2) is 29.5 Å². The molecular weight excluding hydrogens is 427 g/mol. The molecule has 4 N–H and O–H groups in total. The molecule has 0 aliphatic rings. The molecule has 0 spiro atoms. The van der Waals surface area contributed by atoms with Gasteiger partial charge in [0.15, 0.2) is 11.5 Å². The summed E-state index contributed by atoms with van der Waals surface area (Å²) in [6.07, 6.45) is 0.569. The zero-order valence-corrected chi connectivity index (χ0v) is 15.9. The second-order valence-corrected chi connectivity index (χ2v) is 6.39. The standard InChI is InChI=1S/C17H23IO6/c1-23-10-11(6-13(20)9-19)4-3-5-15(21)12-7-14(18)17(22)16(8-12)24-2/h3,7-8,13,15,19-22H,5-6,9-10H2,1-2H3/t4?,13-,15-/m1/s1. The monoisotopic (exact) mass is 450 g/mol. The molecule has 1 rings (SSSR count). The van der Waals surface area contributed by atoms with E-state index >= 15 is 0 Å². The van der Waals surface area contributed by atoms with Gasteiger partial charge in [0.2, 0.25) is 0 Å². The van der Waals surface area contributed by atoms with Gasteiger partial charge in [0.05, 0.1) is 36.1 Å². The van der Waals surface area contributed by atoms with Gasteiger partial charge in [-0.05, 0) is 51.9 Å². The summed E-state index contributed by atoms with van der Waals surface area (Å²) in [6, 6.07) is 3.28. The van der Waals surface area contributed by atoms with Crippen molar-refractivity contribution in [1.82, 2.24) is 0 Å². The second-order valence-electron chi connectivity index (χ2n) is 5.23. The van der Waals surface area contributed by atoms with E-state index in [1.54, 1.807) is 18.2 Å². The van der Waals surface area contributed by atoms with E-state index in [1.807, 2.05) is 22.6 Å². The highest BCUT2D eigenvalue weighted by Gasteiger charge is 2.13. The third-order valence-corrected chi connectivity index (χ3v) is 4.14. The van der Waals surface area contributed by atoms with Crippen LogP contribution in [0, 0.1) is 3.57 Å². The molecule has 1 aromatic rings. The number of phenolic OH excluding ortho intramolecular Hbond substituents is 1. The maximum absolute atomic E-state index is 10.3. The van der Waals surface area contributed by atoms with Crippen LogP contribution in [-0.2, 0) is 4.74 Å². The fourth-order valence-corrected chi connectivity index (χ4v) is 2.70.